The van der Waals surface area contributed by atoms with E-state index in [-0.39, 0.29) is 0 Å². The predicted molar refractivity (Wildman–Crippen MR) is 114 cm³/mol. The largest absolute Gasteiger partial charge is 0.435 e. The van der Waals surface area contributed by atoms with Crippen molar-refractivity contribution in [3.05, 3.63) is 71.8 Å². The summed E-state index contributed by atoms with van der Waals surface area (Å²) >= 11 is 1.44. The highest BCUT2D eigenvalue weighted by molar-refractivity contribution is 7.99. The molecule has 174 valence electrons. The molecule has 0 N–H and O–H groups in total. The van der Waals surface area contributed by atoms with Gasteiger partial charge < -0.3 is 4.90 Å². The Bertz CT molecular complexity index is 1200. The van der Waals surface area contributed by atoms with Crippen molar-refractivity contribution in [2.24, 2.45) is 0 Å². The monoisotopic (exact) mass is 484 g/mol. The Morgan fingerprint density at radius 3 is 2.48 bits per heavy atom. The topological polar surface area (TPSA) is 34.0 Å². The molecule has 0 saturated carbocycles. The Labute approximate surface area is 189 Å². The number of thioether (sulfide) groups is 1. The number of hydrogen-bond acceptors (Lipinski definition) is 4. The van der Waals surface area contributed by atoms with E-state index >= 15 is 0 Å². The minimum Gasteiger partial charge on any atom is -0.340 e. The van der Waals surface area contributed by atoms with E-state index in [0.29, 0.717) is 51.9 Å². The van der Waals surface area contributed by atoms with Crippen molar-refractivity contribution >= 4 is 23.1 Å². The van der Waals surface area contributed by atoms with E-state index in [2.05, 4.69) is 16.7 Å². The molecule has 4 rings (SSSR count). The van der Waals surface area contributed by atoms with Gasteiger partial charge in [0.15, 0.2) is 5.69 Å². The van der Waals surface area contributed by atoms with Gasteiger partial charge in [-0.2, -0.15) is 31.4 Å². The number of benzene rings is 1. The van der Waals surface area contributed by atoms with Crippen LogP contribution in [0.4, 0.5) is 32.0 Å². The number of nitrogens with zero attached hydrogens (tertiary/aromatic N) is 4. The van der Waals surface area contributed by atoms with E-state index in [0.717, 1.165) is 22.9 Å². The molecule has 0 fully saturated rings. The standard InChI is InChI=1S/C22H18F6N4S/c1-3-33-18-11-16(32-9-7-19(30-32)22(26,27)28)12-29-20(18)13(2)31-8-6-14-10-15(21(23,24)25)4-5-17(14)31/h4-5,7,9-12H,2-3,6,8H2,1H3. The third kappa shape index (κ3) is 4.59. The quantitative estimate of drug-likeness (QED) is 0.308. The molecule has 1 aliphatic rings. The van der Waals surface area contributed by atoms with Crippen LogP contribution in [0.2, 0.25) is 0 Å². The van der Waals surface area contributed by atoms with Crippen LogP contribution in [0.1, 0.15) is 29.4 Å². The lowest BCUT2D eigenvalue weighted by Gasteiger charge is -2.23. The van der Waals surface area contributed by atoms with Crippen LogP contribution in [-0.4, -0.2) is 27.1 Å². The molecule has 0 bridgehead atoms. The minimum atomic E-state index is -4.55. The first kappa shape index (κ1) is 23.2. The summed E-state index contributed by atoms with van der Waals surface area (Å²) in [6, 6.07) is 6.18. The molecule has 0 spiro atoms. The number of rotatable bonds is 5. The number of alkyl halides is 6. The zero-order valence-corrected chi connectivity index (χ0v) is 18.2. The first-order chi connectivity index (χ1) is 15.5. The molecule has 3 heterocycles. The Kier molecular flexibility index (Phi) is 5.94. The van der Waals surface area contributed by atoms with Crippen LogP contribution in [0, 0.1) is 0 Å². The van der Waals surface area contributed by atoms with Crippen LogP contribution in [0.3, 0.4) is 0 Å². The summed E-state index contributed by atoms with van der Waals surface area (Å²) in [6.07, 6.45) is -5.93. The molecule has 0 saturated heterocycles. The van der Waals surface area contributed by atoms with E-state index in [1.165, 1.54) is 30.2 Å². The van der Waals surface area contributed by atoms with E-state index in [1.54, 1.807) is 6.07 Å². The lowest BCUT2D eigenvalue weighted by atomic mass is 10.1. The van der Waals surface area contributed by atoms with Gasteiger partial charge >= 0.3 is 12.4 Å². The maximum Gasteiger partial charge on any atom is 0.435 e. The van der Waals surface area contributed by atoms with Gasteiger partial charge in [-0.15, -0.1) is 11.8 Å². The van der Waals surface area contributed by atoms with Gasteiger partial charge in [-0.05, 0) is 48.1 Å². The Morgan fingerprint density at radius 2 is 1.85 bits per heavy atom. The predicted octanol–water partition coefficient (Wildman–Crippen LogP) is 6.45. The minimum absolute atomic E-state index is 0.356. The normalized spacial score (nSPS) is 14.0. The van der Waals surface area contributed by atoms with Crippen LogP contribution in [-0.2, 0) is 18.8 Å². The molecule has 0 radical (unpaired) electrons. The Balaban J connectivity index is 1.66. The van der Waals surface area contributed by atoms with Crippen molar-refractivity contribution in [1.29, 1.82) is 0 Å². The molecule has 4 nitrogen and oxygen atoms in total. The molecule has 0 atom stereocenters. The fraction of sp³-hybridized carbons (Fsp3) is 0.273. The summed E-state index contributed by atoms with van der Waals surface area (Å²) in [6.45, 7) is 6.48. The van der Waals surface area contributed by atoms with E-state index in [9.17, 15) is 26.3 Å². The van der Waals surface area contributed by atoms with Gasteiger partial charge in [-0.1, -0.05) is 13.5 Å². The summed E-state index contributed by atoms with van der Waals surface area (Å²) in [5.74, 6) is 0.670. The van der Waals surface area contributed by atoms with Gasteiger partial charge in [0.25, 0.3) is 0 Å². The van der Waals surface area contributed by atoms with Crippen molar-refractivity contribution < 1.29 is 26.3 Å². The van der Waals surface area contributed by atoms with Gasteiger partial charge in [0, 0.05) is 23.3 Å². The van der Waals surface area contributed by atoms with Crippen molar-refractivity contribution in [3.8, 4) is 5.69 Å². The second-order valence-electron chi connectivity index (χ2n) is 7.31. The number of aromatic nitrogens is 3. The Hall–Kier alpha value is -2.95. The average Bonchev–Trinajstić information content (AvgIpc) is 3.40. The van der Waals surface area contributed by atoms with E-state index < -0.39 is 23.6 Å². The average molecular weight is 484 g/mol. The number of hydrogen-bond donors (Lipinski definition) is 0. The maximum atomic E-state index is 13.0. The first-order valence-electron chi connectivity index (χ1n) is 9.92. The highest BCUT2D eigenvalue weighted by Crippen LogP contribution is 2.40. The second kappa shape index (κ2) is 8.44. The van der Waals surface area contributed by atoms with Gasteiger partial charge in [0.1, 0.15) is 0 Å². The highest BCUT2D eigenvalue weighted by atomic mass is 32.2. The van der Waals surface area contributed by atoms with Gasteiger partial charge in [-0.25, -0.2) is 4.68 Å². The zero-order valence-electron chi connectivity index (χ0n) is 17.3. The van der Waals surface area contributed by atoms with Crippen molar-refractivity contribution in [3.63, 3.8) is 0 Å². The van der Waals surface area contributed by atoms with Crippen LogP contribution >= 0.6 is 11.8 Å². The molecule has 3 aromatic rings. The molecular weight excluding hydrogens is 466 g/mol. The fourth-order valence-electron chi connectivity index (χ4n) is 3.65. The zero-order chi connectivity index (χ0) is 24.0. The van der Waals surface area contributed by atoms with Crippen molar-refractivity contribution in [1.82, 2.24) is 14.8 Å². The number of fused-ring (bicyclic) bond motifs is 1. The molecule has 0 amide bonds. The summed E-state index contributed by atoms with van der Waals surface area (Å²) in [5.41, 5.74) is 0.879. The van der Waals surface area contributed by atoms with E-state index in [4.69, 9.17) is 0 Å². The SMILES string of the molecule is C=C(c1ncc(-n2ccc(C(F)(F)F)n2)cc1SCC)N1CCc2cc(C(F)(F)F)ccc21. The second-order valence-corrected chi connectivity index (χ2v) is 8.61. The number of anilines is 1. The van der Waals surface area contributed by atoms with Crippen LogP contribution in [0.25, 0.3) is 11.4 Å². The van der Waals surface area contributed by atoms with Crippen molar-refractivity contribution in [2.75, 3.05) is 17.2 Å². The summed E-state index contributed by atoms with van der Waals surface area (Å²) in [4.78, 5) is 6.93. The van der Waals surface area contributed by atoms with Crippen LogP contribution < -0.4 is 4.90 Å². The van der Waals surface area contributed by atoms with E-state index in [1.807, 2.05) is 11.8 Å². The lowest BCUT2D eigenvalue weighted by molar-refractivity contribution is -0.141. The molecular formula is C22H18F6N4S. The molecule has 2 aromatic heterocycles. The van der Waals surface area contributed by atoms with Crippen LogP contribution in [0.5, 0.6) is 0 Å². The van der Waals surface area contributed by atoms with Gasteiger partial charge in [0.05, 0.1) is 28.8 Å². The first-order valence-corrected chi connectivity index (χ1v) is 10.9. The molecule has 1 aromatic carbocycles. The molecule has 0 aliphatic carbocycles. The lowest BCUT2D eigenvalue weighted by Crippen LogP contribution is -2.19. The number of pyridine rings is 1. The molecule has 33 heavy (non-hydrogen) atoms. The third-order valence-electron chi connectivity index (χ3n) is 5.18. The summed E-state index contributed by atoms with van der Waals surface area (Å²) in [5, 5.41) is 3.58. The fourth-order valence-corrected chi connectivity index (χ4v) is 4.47. The maximum absolute atomic E-state index is 13.0. The third-order valence-corrected chi connectivity index (χ3v) is 6.09. The van der Waals surface area contributed by atoms with Gasteiger partial charge in [-0.3, -0.25) is 4.98 Å². The summed E-state index contributed by atoms with van der Waals surface area (Å²) in [7, 11) is 0. The summed E-state index contributed by atoms with van der Waals surface area (Å²) < 4.78 is 78.9. The van der Waals surface area contributed by atoms with Crippen LogP contribution in [0.15, 0.2) is 54.2 Å². The molecule has 1 aliphatic heterocycles. The molecule has 11 heteroatoms. The highest BCUT2D eigenvalue weighted by Gasteiger charge is 2.34. The Morgan fingerprint density at radius 1 is 1.09 bits per heavy atom. The molecule has 0 unspecified atom stereocenters. The number of halogens is 6. The van der Waals surface area contributed by atoms with Crippen molar-refractivity contribution in [2.45, 2.75) is 30.6 Å². The smallest absolute Gasteiger partial charge is 0.340 e. The van der Waals surface area contributed by atoms with Gasteiger partial charge in [0.2, 0.25) is 0 Å².